The Kier molecular flexibility index (Phi) is 4.72. The third kappa shape index (κ3) is 3.24. The highest BCUT2D eigenvalue weighted by Gasteiger charge is 2.22. The second kappa shape index (κ2) is 6.07. The highest BCUT2D eigenvalue weighted by Crippen LogP contribution is 2.33. The summed E-state index contributed by atoms with van der Waals surface area (Å²) in [6, 6.07) is 4.54. The van der Waals surface area contributed by atoms with E-state index >= 15 is 0 Å². The van der Waals surface area contributed by atoms with Crippen LogP contribution in [0.4, 0.5) is 0 Å². The first kappa shape index (κ1) is 12.4. The Morgan fingerprint density at radius 3 is 2.62 bits per heavy atom. The fourth-order valence-electron chi connectivity index (χ4n) is 2.58. The molecule has 0 aromatic carbocycles. The van der Waals surface area contributed by atoms with Crippen LogP contribution < -0.4 is 0 Å². The average Bonchev–Trinajstić information content (AvgIpc) is 2.96. The Hall–Kier alpha value is -0.0100. The Bertz CT molecular complexity index is 312. The van der Waals surface area contributed by atoms with E-state index in [4.69, 9.17) is 11.6 Å². The lowest BCUT2D eigenvalue weighted by atomic mass is 10.00. The molecule has 0 radical (unpaired) electrons. The van der Waals surface area contributed by atoms with Crippen molar-refractivity contribution in [2.24, 2.45) is 5.92 Å². The number of rotatable bonds is 5. The third-order valence-corrected chi connectivity index (χ3v) is 5.51. The van der Waals surface area contributed by atoms with Gasteiger partial charge < -0.3 is 0 Å². The van der Waals surface area contributed by atoms with Crippen LogP contribution in [0.15, 0.2) is 12.1 Å². The van der Waals surface area contributed by atoms with Gasteiger partial charge in [0, 0.05) is 15.1 Å². The smallest absolute Gasteiger partial charge is 0.0367 e. The van der Waals surface area contributed by atoms with Gasteiger partial charge in [-0.15, -0.1) is 22.9 Å². The van der Waals surface area contributed by atoms with Crippen LogP contribution in [0.2, 0.25) is 0 Å². The quantitative estimate of drug-likeness (QED) is 0.648. The van der Waals surface area contributed by atoms with E-state index in [2.05, 4.69) is 19.1 Å². The van der Waals surface area contributed by atoms with E-state index < -0.39 is 0 Å². The van der Waals surface area contributed by atoms with Crippen molar-refractivity contribution in [3.63, 3.8) is 0 Å². The van der Waals surface area contributed by atoms with E-state index in [1.165, 1.54) is 41.9 Å². The van der Waals surface area contributed by atoms with E-state index in [0.29, 0.717) is 5.38 Å². The van der Waals surface area contributed by atoms with Gasteiger partial charge in [-0.1, -0.05) is 19.8 Å². The van der Waals surface area contributed by atoms with Crippen LogP contribution in [-0.2, 0) is 12.8 Å². The summed E-state index contributed by atoms with van der Waals surface area (Å²) >= 11 is 8.44. The normalized spacial score (nSPS) is 19.1. The van der Waals surface area contributed by atoms with Crippen LogP contribution in [0.5, 0.6) is 0 Å². The van der Waals surface area contributed by atoms with E-state index in [9.17, 15) is 0 Å². The lowest BCUT2D eigenvalue weighted by molar-refractivity contribution is 0.493. The van der Waals surface area contributed by atoms with Gasteiger partial charge in [0.1, 0.15) is 0 Å². The molecule has 2 heteroatoms. The molecule has 1 unspecified atom stereocenters. The van der Waals surface area contributed by atoms with Gasteiger partial charge in [0.05, 0.1) is 0 Å². The number of aryl methyl sites for hydroxylation is 2. The highest BCUT2D eigenvalue weighted by molar-refractivity contribution is 7.11. The van der Waals surface area contributed by atoms with Crippen molar-refractivity contribution >= 4 is 22.9 Å². The van der Waals surface area contributed by atoms with Crippen molar-refractivity contribution in [2.75, 3.05) is 0 Å². The van der Waals surface area contributed by atoms with Gasteiger partial charge in [0.2, 0.25) is 0 Å². The number of alkyl halides is 1. The van der Waals surface area contributed by atoms with Gasteiger partial charge in [-0.3, -0.25) is 0 Å². The first-order valence-electron chi connectivity index (χ1n) is 6.51. The second-order valence-corrected chi connectivity index (χ2v) is 6.63. The minimum Gasteiger partial charge on any atom is -0.145 e. The first-order valence-corrected chi connectivity index (χ1v) is 7.76. The third-order valence-electron chi connectivity index (χ3n) is 3.64. The van der Waals surface area contributed by atoms with Crippen LogP contribution in [0.3, 0.4) is 0 Å². The molecule has 0 spiro atoms. The molecule has 1 aromatic heterocycles. The SMILES string of the molecule is CCc1ccc(CCC(Cl)C2CCCC2)s1. The molecule has 1 fully saturated rings. The maximum Gasteiger partial charge on any atom is 0.0367 e. The summed E-state index contributed by atoms with van der Waals surface area (Å²) in [5.74, 6) is 0.798. The summed E-state index contributed by atoms with van der Waals surface area (Å²) in [5.41, 5.74) is 0. The molecule has 0 saturated heterocycles. The molecule has 2 rings (SSSR count). The van der Waals surface area contributed by atoms with Crippen LogP contribution in [0.25, 0.3) is 0 Å². The lowest BCUT2D eigenvalue weighted by Gasteiger charge is -2.15. The molecule has 1 aliphatic carbocycles. The summed E-state index contributed by atoms with van der Waals surface area (Å²) in [6.45, 7) is 2.22. The topological polar surface area (TPSA) is 0 Å². The van der Waals surface area contributed by atoms with Gasteiger partial charge in [0.15, 0.2) is 0 Å². The number of halogens is 1. The van der Waals surface area contributed by atoms with E-state index in [-0.39, 0.29) is 0 Å². The van der Waals surface area contributed by atoms with Crippen molar-refractivity contribution < 1.29 is 0 Å². The molecular weight excluding hydrogens is 236 g/mol. The monoisotopic (exact) mass is 256 g/mol. The van der Waals surface area contributed by atoms with Gasteiger partial charge in [-0.05, 0) is 50.2 Å². The Morgan fingerprint density at radius 1 is 1.31 bits per heavy atom. The van der Waals surface area contributed by atoms with Crippen molar-refractivity contribution in [2.45, 2.75) is 57.2 Å². The van der Waals surface area contributed by atoms with Crippen LogP contribution >= 0.6 is 22.9 Å². The lowest BCUT2D eigenvalue weighted by Crippen LogP contribution is -2.11. The molecular formula is C14H21ClS. The van der Waals surface area contributed by atoms with Gasteiger partial charge in [-0.2, -0.15) is 0 Å². The fourth-order valence-corrected chi connectivity index (χ4v) is 3.92. The maximum atomic E-state index is 6.48. The summed E-state index contributed by atoms with van der Waals surface area (Å²) in [6.07, 6.45) is 9.01. The molecule has 0 N–H and O–H groups in total. The van der Waals surface area contributed by atoms with Gasteiger partial charge in [0.25, 0.3) is 0 Å². The van der Waals surface area contributed by atoms with Crippen LogP contribution in [0.1, 0.15) is 48.8 Å². The van der Waals surface area contributed by atoms with Crippen molar-refractivity contribution in [3.05, 3.63) is 21.9 Å². The summed E-state index contributed by atoms with van der Waals surface area (Å²) in [7, 11) is 0. The summed E-state index contributed by atoms with van der Waals surface area (Å²) in [5, 5.41) is 0.412. The minimum atomic E-state index is 0.412. The molecule has 90 valence electrons. The first-order chi connectivity index (χ1) is 7.79. The van der Waals surface area contributed by atoms with E-state index in [1.807, 2.05) is 11.3 Å². The molecule has 0 bridgehead atoms. The van der Waals surface area contributed by atoms with E-state index in [1.54, 1.807) is 0 Å². The number of hydrogen-bond acceptors (Lipinski definition) is 1. The molecule has 1 atom stereocenters. The van der Waals surface area contributed by atoms with E-state index in [0.717, 1.165) is 18.8 Å². The molecule has 1 aromatic rings. The number of hydrogen-bond donors (Lipinski definition) is 0. The minimum absolute atomic E-state index is 0.412. The zero-order chi connectivity index (χ0) is 11.4. The zero-order valence-electron chi connectivity index (χ0n) is 10.0. The molecule has 0 aliphatic heterocycles. The summed E-state index contributed by atoms with van der Waals surface area (Å²) in [4.78, 5) is 3.02. The van der Waals surface area contributed by atoms with Crippen molar-refractivity contribution in [1.82, 2.24) is 0 Å². The fraction of sp³-hybridized carbons (Fsp3) is 0.714. The molecule has 1 heterocycles. The van der Waals surface area contributed by atoms with Gasteiger partial charge >= 0.3 is 0 Å². The predicted octanol–water partition coefficient (Wildman–Crippen LogP) is 5.04. The number of thiophene rings is 1. The van der Waals surface area contributed by atoms with Crippen LogP contribution in [0, 0.1) is 5.92 Å². The predicted molar refractivity (Wildman–Crippen MR) is 73.6 cm³/mol. The second-order valence-electron chi connectivity index (χ2n) is 4.82. The summed E-state index contributed by atoms with van der Waals surface area (Å²) < 4.78 is 0. The molecule has 0 nitrogen and oxygen atoms in total. The van der Waals surface area contributed by atoms with Crippen molar-refractivity contribution in [3.8, 4) is 0 Å². The standard InChI is InChI=1S/C14H21ClS/c1-2-12-7-8-13(16-12)9-10-14(15)11-5-3-4-6-11/h7-8,11,14H,2-6,9-10H2,1H3. The molecule has 0 amide bonds. The Labute approximate surface area is 108 Å². The van der Waals surface area contributed by atoms with Crippen LogP contribution in [-0.4, -0.2) is 5.38 Å². The molecule has 1 saturated carbocycles. The average molecular weight is 257 g/mol. The highest BCUT2D eigenvalue weighted by atomic mass is 35.5. The molecule has 1 aliphatic rings. The zero-order valence-corrected chi connectivity index (χ0v) is 11.6. The Balaban J connectivity index is 1.77. The van der Waals surface area contributed by atoms with Gasteiger partial charge in [-0.25, -0.2) is 0 Å². The van der Waals surface area contributed by atoms with Crippen molar-refractivity contribution in [1.29, 1.82) is 0 Å². The Morgan fingerprint density at radius 2 is 2.00 bits per heavy atom. The molecule has 16 heavy (non-hydrogen) atoms. The largest absolute Gasteiger partial charge is 0.145 e. The maximum absolute atomic E-state index is 6.48.